The molecule has 0 saturated heterocycles. The van der Waals surface area contributed by atoms with E-state index >= 15 is 0 Å². The van der Waals surface area contributed by atoms with Crippen molar-refractivity contribution in [2.75, 3.05) is 0 Å². The second kappa shape index (κ2) is 4.32. The minimum Gasteiger partial charge on any atom is -0.480 e. The van der Waals surface area contributed by atoms with E-state index in [1.54, 1.807) is 0 Å². The summed E-state index contributed by atoms with van der Waals surface area (Å²) < 4.78 is 31.8. The SMILES string of the molecule is N[C@@H](C(=O)O)[C@@H](OS(=O)(=O)O)C(=O)O. The molecule has 82 valence electrons. The summed E-state index contributed by atoms with van der Waals surface area (Å²) in [4.78, 5) is 20.5. The number of carboxylic acid groups (broad SMARTS) is 2. The Morgan fingerprint density at radius 2 is 1.64 bits per heavy atom. The second-order valence-corrected chi connectivity index (χ2v) is 3.19. The molecule has 0 aromatic rings. The zero-order valence-corrected chi connectivity index (χ0v) is 7.34. The quantitative estimate of drug-likeness (QED) is 0.378. The van der Waals surface area contributed by atoms with E-state index in [1.165, 1.54) is 0 Å². The molecule has 14 heavy (non-hydrogen) atoms. The van der Waals surface area contributed by atoms with Crippen molar-refractivity contribution in [3.05, 3.63) is 0 Å². The smallest absolute Gasteiger partial charge is 0.398 e. The van der Waals surface area contributed by atoms with Crippen LogP contribution in [0.2, 0.25) is 0 Å². The van der Waals surface area contributed by atoms with E-state index in [0.717, 1.165) is 0 Å². The summed E-state index contributed by atoms with van der Waals surface area (Å²) in [5, 5.41) is 16.6. The monoisotopic (exact) mass is 229 g/mol. The lowest BCUT2D eigenvalue weighted by Gasteiger charge is -2.14. The number of nitrogens with two attached hydrogens (primary N) is 1. The van der Waals surface area contributed by atoms with Crippen molar-refractivity contribution < 1.29 is 37.0 Å². The van der Waals surface area contributed by atoms with E-state index in [4.69, 9.17) is 20.5 Å². The van der Waals surface area contributed by atoms with Gasteiger partial charge < -0.3 is 15.9 Å². The average molecular weight is 229 g/mol. The maximum absolute atomic E-state index is 10.3. The third kappa shape index (κ3) is 4.13. The van der Waals surface area contributed by atoms with Crippen LogP contribution in [0.5, 0.6) is 0 Å². The zero-order valence-electron chi connectivity index (χ0n) is 6.52. The lowest BCUT2D eigenvalue weighted by atomic mass is 10.2. The van der Waals surface area contributed by atoms with E-state index in [2.05, 4.69) is 4.18 Å². The van der Waals surface area contributed by atoms with Crippen molar-refractivity contribution in [2.45, 2.75) is 12.1 Å². The number of aliphatic carboxylic acids is 2. The van der Waals surface area contributed by atoms with Gasteiger partial charge in [0.1, 0.15) is 6.04 Å². The molecule has 2 atom stereocenters. The second-order valence-electron chi connectivity index (χ2n) is 2.15. The molecular weight excluding hydrogens is 222 g/mol. The molecule has 0 fully saturated rings. The number of carbonyl (C=O) groups is 2. The van der Waals surface area contributed by atoms with Crippen LogP contribution >= 0.6 is 0 Å². The van der Waals surface area contributed by atoms with Crippen LogP contribution in [-0.4, -0.2) is 47.3 Å². The third-order valence-corrected chi connectivity index (χ3v) is 1.53. The number of rotatable bonds is 5. The molecular formula is C4H7NO8S. The van der Waals surface area contributed by atoms with Crippen molar-refractivity contribution in [1.82, 2.24) is 0 Å². The van der Waals surface area contributed by atoms with Gasteiger partial charge in [-0.2, -0.15) is 8.42 Å². The third-order valence-electron chi connectivity index (χ3n) is 1.08. The highest BCUT2D eigenvalue weighted by Gasteiger charge is 2.35. The molecule has 10 heteroatoms. The Morgan fingerprint density at radius 1 is 1.21 bits per heavy atom. The van der Waals surface area contributed by atoms with Crippen LogP contribution in [0, 0.1) is 0 Å². The molecule has 0 unspecified atom stereocenters. The Balaban J connectivity index is 4.79. The van der Waals surface area contributed by atoms with Gasteiger partial charge >= 0.3 is 22.3 Å². The molecule has 0 saturated carbocycles. The minimum absolute atomic E-state index is 1.78. The van der Waals surface area contributed by atoms with Gasteiger partial charge in [-0.1, -0.05) is 0 Å². The lowest BCUT2D eigenvalue weighted by Crippen LogP contribution is -2.48. The summed E-state index contributed by atoms with van der Waals surface area (Å²) in [5.41, 5.74) is 4.79. The molecule has 0 aliphatic carbocycles. The van der Waals surface area contributed by atoms with Gasteiger partial charge in [0.2, 0.25) is 6.10 Å². The van der Waals surface area contributed by atoms with Crippen LogP contribution < -0.4 is 5.73 Å². The molecule has 0 rings (SSSR count). The Hall–Kier alpha value is -1.23. The highest BCUT2D eigenvalue weighted by atomic mass is 32.3. The highest BCUT2D eigenvalue weighted by Crippen LogP contribution is 2.02. The zero-order chi connectivity index (χ0) is 11.5. The van der Waals surface area contributed by atoms with Gasteiger partial charge in [-0.3, -0.25) is 9.35 Å². The number of hydrogen-bond donors (Lipinski definition) is 4. The number of carboxylic acids is 2. The topological polar surface area (TPSA) is 164 Å². The molecule has 9 nitrogen and oxygen atoms in total. The fourth-order valence-electron chi connectivity index (χ4n) is 0.515. The van der Waals surface area contributed by atoms with Crippen LogP contribution in [0.1, 0.15) is 0 Å². The fraction of sp³-hybridized carbons (Fsp3) is 0.500. The molecule has 0 bridgehead atoms. The lowest BCUT2D eigenvalue weighted by molar-refractivity contribution is -0.153. The standard InChI is InChI=1S/C4H7NO8S/c5-1(3(6)7)2(4(8)9)13-14(10,11)12/h1-2H,5H2,(H,6,7)(H,8,9)(H,10,11,12)/t1-,2-/m1/s1. The molecule has 0 aliphatic heterocycles. The number of hydrogen-bond acceptors (Lipinski definition) is 6. The maximum Gasteiger partial charge on any atom is 0.398 e. The van der Waals surface area contributed by atoms with Crippen LogP contribution in [0.25, 0.3) is 0 Å². The van der Waals surface area contributed by atoms with Crippen molar-refractivity contribution in [3.63, 3.8) is 0 Å². The van der Waals surface area contributed by atoms with Crippen LogP contribution in [-0.2, 0) is 24.2 Å². The minimum atomic E-state index is -5.07. The van der Waals surface area contributed by atoms with Gasteiger partial charge in [0.15, 0.2) is 0 Å². The van der Waals surface area contributed by atoms with Crippen molar-refractivity contribution in [1.29, 1.82) is 0 Å². The van der Waals surface area contributed by atoms with Gasteiger partial charge in [-0.25, -0.2) is 8.98 Å². The van der Waals surface area contributed by atoms with Crippen LogP contribution in [0.4, 0.5) is 0 Å². The summed E-state index contributed by atoms with van der Waals surface area (Å²) in [6.07, 6.45) is -2.37. The first-order valence-electron chi connectivity index (χ1n) is 3.02. The van der Waals surface area contributed by atoms with Gasteiger partial charge in [0, 0.05) is 0 Å². The van der Waals surface area contributed by atoms with Gasteiger partial charge in [-0.15, -0.1) is 0 Å². The molecule has 0 radical (unpaired) electrons. The molecule has 0 aromatic carbocycles. The van der Waals surface area contributed by atoms with Gasteiger partial charge in [0.05, 0.1) is 0 Å². The summed E-state index contributed by atoms with van der Waals surface area (Å²) in [7, 11) is -5.07. The molecule has 0 heterocycles. The Labute approximate surface area is 78.0 Å². The highest BCUT2D eigenvalue weighted by molar-refractivity contribution is 7.80. The van der Waals surface area contributed by atoms with E-state index < -0.39 is 34.5 Å². The predicted molar refractivity (Wildman–Crippen MR) is 39.7 cm³/mol. The molecule has 0 aromatic heterocycles. The Morgan fingerprint density at radius 3 is 1.86 bits per heavy atom. The Kier molecular flexibility index (Phi) is 3.94. The van der Waals surface area contributed by atoms with Gasteiger partial charge in [-0.05, 0) is 0 Å². The largest absolute Gasteiger partial charge is 0.480 e. The normalized spacial score (nSPS) is 15.9. The first-order chi connectivity index (χ1) is 6.15. The van der Waals surface area contributed by atoms with Crippen LogP contribution in [0.15, 0.2) is 0 Å². The van der Waals surface area contributed by atoms with Crippen molar-refractivity contribution in [3.8, 4) is 0 Å². The molecule has 0 amide bonds. The Bertz CT molecular complexity index is 333. The maximum atomic E-state index is 10.3. The van der Waals surface area contributed by atoms with Crippen molar-refractivity contribution in [2.24, 2.45) is 5.73 Å². The van der Waals surface area contributed by atoms with Crippen molar-refractivity contribution >= 4 is 22.3 Å². The summed E-state index contributed by atoms with van der Waals surface area (Å²) >= 11 is 0. The average Bonchev–Trinajstić information content (AvgIpc) is 1.96. The van der Waals surface area contributed by atoms with E-state index in [9.17, 15) is 18.0 Å². The van der Waals surface area contributed by atoms with Crippen LogP contribution in [0.3, 0.4) is 0 Å². The summed E-state index contributed by atoms with van der Waals surface area (Å²) in [6.45, 7) is 0. The van der Waals surface area contributed by atoms with E-state index in [1.807, 2.05) is 0 Å². The summed E-state index contributed by atoms with van der Waals surface area (Å²) in [5.74, 6) is -3.70. The molecule has 0 aliphatic rings. The summed E-state index contributed by atoms with van der Waals surface area (Å²) in [6, 6.07) is -2.10. The predicted octanol–water partition coefficient (Wildman–Crippen LogP) is -2.33. The molecule has 0 spiro atoms. The molecule has 5 N–H and O–H groups in total. The fourth-order valence-corrected chi connectivity index (χ4v) is 0.979. The first kappa shape index (κ1) is 12.8. The first-order valence-corrected chi connectivity index (χ1v) is 4.38. The van der Waals surface area contributed by atoms with E-state index in [-0.39, 0.29) is 0 Å². The van der Waals surface area contributed by atoms with E-state index in [0.29, 0.717) is 0 Å². The van der Waals surface area contributed by atoms with Gasteiger partial charge in [0.25, 0.3) is 0 Å².